The zero-order valence-corrected chi connectivity index (χ0v) is 13.6. The van der Waals surface area contributed by atoms with Crippen LogP contribution in [0.15, 0.2) is 23.1 Å². The van der Waals surface area contributed by atoms with E-state index in [9.17, 15) is 17.6 Å². The molecule has 1 amide bonds. The lowest BCUT2D eigenvalue weighted by atomic mass is 10.2. The second-order valence-electron chi connectivity index (χ2n) is 5.44. The molecule has 0 aromatic heterocycles. The summed E-state index contributed by atoms with van der Waals surface area (Å²) >= 11 is 0. The maximum absolute atomic E-state index is 14.0. The smallest absolute Gasteiger partial charge is 0.251 e. The third kappa shape index (κ3) is 4.27. The van der Waals surface area contributed by atoms with Gasteiger partial charge >= 0.3 is 0 Å². The number of carbonyl (C=O) groups is 1. The topological polar surface area (TPSA) is 86.7 Å². The van der Waals surface area contributed by atoms with Gasteiger partial charge in [0, 0.05) is 31.8 Å². The van der Waals surface area contributed by atoms with Crippen LogP contribution in [0.2, 0.25) is 0 Å². The molecular formula is C15H21FN2O4S. The van der Waals surface area contributed by atoms with Gasteiger partial charge in [-0.3, -0.25) is 4.79 Å². The number of nitrogens with zero attached hydrogens (tertiary/aromatic N) is 1. The molecule has 0 aliphatic carbocycles. The summed E-state index contributed by atoms with van der Waals surface area (Å²) < 4.78 is 40.4. The van der Waals surface area contributed by atoms with Crippen LogP contribution in [0.5, 0.6) is 0 Å². The molecule has 0 unspecified atom stereocenters. The van der Waals surface area contributed by atoms with Crippen LogP contribution < -0.4 is 5.32 Å². The molecule has 1 fully saturated rings. The predicted octanol–water partition coefficient (Wildman–Crippen LogP) is 1.11. The molecule has 2 N–H and O–H groups in total. The summed E-state index contributed by atoms with van der Waals surface area (Å²) in [5.74, 6) is -1.35. The van der Waals surface area contributed by atoms with Gasteiger partial charge in [-0.15, -0.1) is 0 Å². The number of carbonyl (C=O) groups excluding carboxylic acids is 1. The van der Waals surface area contributed by atoms with Crippen LogP contribution in [0, 0.1) is 5.82 Å². The molecule has 0 atom stereocenters. The SMILES string of the molecule is O=C(NCCCO)c1ccc(F)c(S(=O)(=O)N2CCCCC2)c1. The van der Waals surface area contributed by atoms with Crippen LogP contribution in [-0.2, 0) is 10.0 Å². The van der Waals surface area contributed by atoms with E-state index in [2.05, 4.69) is 5.32 Å². The fourth-order valence-electron chi connectivity index (χ4n) is 2.47. The number of amides is 1. The number of hydrogen-bond donors (Lipinski definition) is 2. The molecule has 0 saturated carbocycles. The Morgan fingerprint density at radius 2 is 1.96 bits per heavy atom. The Hall–Kier alpha value is -1.51. The van der Waals surface area contributed by atoms with Crippen molar-refractivity contribution in [2.24, 2.45) is 0 Å². The van der Waals surface area contributed by atoms with Crippen molar-refractivity contribution in [2.75, 3.05) is 26.2 Å². The molecule has 0 spiro atoms. The molecule has 1 aliphatic heterocycles. The Kier molecular flexibility index (Phi) is 6.09. The van der Waals surface area contributed by atoms with Crippen LogP contribution >= 0.6 is 0 Å². The monoisotopic (exact) mass is 344 g/mol. The van der Waals surface area contributed by atoms with Gasteiger partial charge in [0.15, 0.2) is 0 Å². The van der Waals surface area contributed by atoms with Crippen molar-refractivity contribution in [1.29, 1.82) is 0 Å². The fraction of sp³-hybridized carbons (Fsp3) is 0.533. The molecule has 0 bridgehead atoms. The summed E-state index contributed by atoms with van der Waals surface area (Å²) in [7, 11) is -3.94. The standard InChI is InChI=1S/C15H21FN2O4S/c16-13-6-5-12(15(20)17-7-4-10-19)11-14(13)23(21,22)18-8-2-1-3-9-18/h5-6,11,19H,1-4,7-10H2,(H,17,20). The number of sulfonamides is 1. The highest BCUT2D eigenvalue weighted by Gasteiger charge is 2.29. The minimum atomic E-state index is -3.94. The highest BCUT2D eigenvalue weighted by molar-refractivity contribution is 7.89. The molecule has 8 heteroatoms. The number of aliphatic hydroxyl groups excluding tert-OH is 1. The third-order valence-electron chi connectivity index (χ3n) is 3.75. The van der Waals surface area contributed by atoms with Crippen LogP contribution in [0.3, 0.4) is 0 Å². The quantitative estimate of drug-likeness (QED) is 0.757. The number of hydrogen-bond acceptors (Lipinski definition) is 4. The van der Waals surface area contributed by atoms with Crippen LogP contribution in [0.25, 0.3) is 0 Å². The number of rotatable bonds is 6. The first-order chi connectivity index (χ1) is 11.0. The van der Waals surface area contributed by atoms with Gasteiger partial charge in [-0.2, -0.15) is 4.31 Å². The number of aliphatic hydroxyl groups is 1. The van der Waals surface area contributed by atoms with Crippen molar-refractivity contribution >= 4 is 15.9 Å². The average Bonchev–Trinajstić information content (AvgIpc) is 2.56. The Bertz CT molecular complexity index is 657. The molecule has 0 radical (unpaired) electrons. The zero-order chi connectivity index (χ0) is 16.9. The lowest BCUT2D eigenvalue weighted by molar-refractivity contribution is 0.0951. The van der Waals surface area contributed by atoms with Crippen molar-refractivity contribution in [3.8, 4) is 0 Å². The van der Waals surface area contributed by atoms with Gasteiger partial charge in [0.05, 0.1) is 0 Å². The molecule has 6 nitrogen and oxygen atoms in total. The molecule has 1 aliphatic rings. The molecule has 128 valence electrons. The second kappa shape index (κ2) is 7.85. The summed E-state index contributed by atoms with van der Waals surface area (Å²) in [6, 6.07) is 3.32. The average molecular weight is 344 g/mol. The second-order valence-corrected chi connectivity index (χ2v) is 7.35. The first-order valence-corrected chi connectivity index (χ1v) is 9.09. The highest BCUT2D eigenvalue weighted by atomic mass is 32.2. The maximum atomic E-state index is 14.0. The van der Waals surface area contributed by atoms with Gasteiger partial charge in [-0.1, -0.05) is 6.42 Å². The van der Waals surface area contributed by atoms with Crippen molar-refractivity contribution < 1.29 is 22.7 Å². The van der Waals surface area contributed by atoms with Gasteiger partial charge in [0.25, 0.3) is 5.91 Å². The number of halogens is 1. The Labute approximate surface area is 135 Å². The van der Waals surface area contributed by atoms with Crippen LogP contribution in [0.4, 0.5) is 4.39 Å². The number of benzene rings is 1. The van der Waals surface area contributed by atoms with Crippen molar-refractivity contribution in [3.05, 3.63) is 29.6 Å². The Balaban J connectivity index is 2.24. The van der Waals surface area contributed by atoms with Crippen molar-refractivity contribution in [2.45, 2.75) is 30.6 Å². The highest BCUT2D eigenvalue weighted by Crippen LogP contribution is 2.23. The molecule has 23 heavy (non-hydrogen) atoms. The maximum Gasteiger partial charge on any atom is 0.251 e. The van der Waals surface area contributed by atoms with E-state index < -0.39 is 26.6 Å². The van der Waals surface area contributed by atoms with E-state index in [0.717, 1.165) is 31.4 Å². The predicted molar refractivity (Wildman–Crippen MR) is 83.0 cm³/mol. The van der Waals surface area contributed by atoms with E-state index in [4.69, 9.17) is 5.11 Å². The lowest BCUT2D eigenvalue weighted by Crippen LogP contribution is -2.36. The van der Waals surface area contributed by atoms with E-state index in [1.54, 1.807) is 0 Å². The first-order valence-electron chi connectivity index (χ1n) is 7.65. The minimum Gasteiger partial charge on any atom is -0.396 e. The Morgan fingerprint density at radius 3 is 2.61 bits per heavy atom. The molecule has 2 rings (SSSR count). The number of piperidine rings is 1. The fourth-order valence-corrected chi connectivity index (χ4v) is 4.08. The van der Waals surface area contributed by atoms with Gasteiger partial charge < -0.3 is 10.4 Å². The molecule has 1 heterocycles. The normalized spacial score (nSPS) is 16.3. The first kappa shape index (κ1) is 17.8. The largest absolute Gasteiger partial charge is 0.396 e. The number of nitrogens with one attached hydrogen (secondary N) is 1. The van der Waals surface area contributed by atoms with Crippen molar-refractivity contribution in [3.63, 3.8) is 0 Å². The van der Waals surface area contributed by atoms with Gasteiger partial charge in [-0.05, 0) is 37.5 Å². The van der Waals surface area contributed by atoms with Gasteiger partial charge in [-0.25, -0.2) is 12.8 Å². The van der Waals surface area contributed by atoms with Crippen LogP contribution in [-0.4, -0.2) is 50.0 Å². The summed E-state index contributed by atoms with van der Waals surface area (Å²) in [4.78, 5) is 11.5. The summed E-state index contributed by atoms with van der Waals surface area (Å²) in [5, 5.41) is 11.2. The summed E-state index contributed by atoms with van der Waals surface area (Å²) in [5.41, 5.74) is 0.0833. The molecular weight excluding hydrogens is 323 g/mol. The summed E-state index contributed by atoms with van der Waals surface area (Å²) in [6.45, 7) is 0.947. The summed E-state index contributed by atoms with van der Waals surface area (Å²) in [6.07, 6.45) is 2.86. The van der Waals surface area contributed by atoms with E-state index in [-0.39, 0.29) is 18.7 Å². The molecule has 1 aromatic rings. The van der Waals surface area contributed by atoms with Gasteiger partial charge in [0.1, 0.15) is 10.7 Å². The van der Waals surface area contributed by atoms with E-state index in [1.165, 1.54) is 10.4 Å². The molecule has 1 saturated heterocycles. The van der Waals surface area contributed by atoms with E-state index >= 15 is 0 Å². The third-order valence-corrected chi connectivity index (χ3v) is 5.66. The molecule has 1 aromatic carbocycles. The lowest BCUT2D eigenvalue weighted by Gasteiger charge is -2.26. The van der Waals surface area contributed by atoms with Crippen LogP contribution in [0.1, 0.15) is 36.0 Å². The Morgan fingerprint density at radius 1 is 1.26 bits per heavy atom. The zero-order valence-electron chi connectivity index (χ0n) is 12.8. The van der Waals surface area contributed by atoms with Gasteiger partial charge in [0.2, 0.25) is 10.0 Å². The van der Waals surface area contributed by atoms with E-state index in [0.29, 0.717) is 19.5 Å². The van der Waals surface area contributed by atoms with Crippen molar-refractivity contribution in [1.82, 2.24) is 9.62 Å². The minimum absolute atomic E-state index is 0.0573. The van der Waals surface area contributed by atoms with E-state index in [1.807, 2.05) is 0 Å².